The van der Waals surface area contributed by atoms with Crippen LogP contribution in [0.5, 0.6) is 11.5 Å². The van der Waals surface area contributed by atoms with E-state index in [2.05, 4.69) is 15.6 Å². The van der Waals surface area contributed by atoms with Gasteiger partial charge in [0.15, 0.2) is 17.1 Å². The number of hydrogen-bond acceptors (Lipinski definition) is 9. The molecule has 13 nitrogen and oxygen atoms in total. The number of carbonyl (C=O) groups is 3. The van der Waals surface area contributed by atoms with Gasteiger partial charge in [0.2, 0.25) is 23.6 Å². The van der Waals surface area contributed by atoms with E-state index in [1.807, 2.05) is 30.3 Å². The Morgan fingerprint density at radius 3 is 2.62 bits per heavy atom. The molecule has 0 saturated carbocycles. The summed E-state index contributed by atoms with van der Waals surface area (Å²) < 4.78 is 24.0. The lowest BCUT2D eigenvalue weighted by atomic mass is 10.1. The minimum absolute atomic E-state index is 0.0624. The zero-order valence-corrected chi connectivity index (χ0v) is 26.6. The highest BCUT2D eigenvalue weighted by molar-refractivity contribution is 5.90. The first-order valence-corrected chi connectivity index (χ1v) is 15.5. The molecule has 0 radical (unpaired) electrons. The Kier molecular flexibility index (Phi) is 9.55. The summed E-state index contributed by atoms with van der Waals surface area (Å²) in [5.74, 6) is -0.317. The summed E-state index contributed by atoms with van der Waals surface area (Å²) in [5.41, 5.74) is 2.83. The van der Waals surface area contributed by atoms with Crippen molar-refractivity contribution >= 4 is 28.8 Å². The molecule has 1 aliphatic heterocycles. The van der Waals surface area contributed by atoms with Gasteiger partial charge in [0, 0.05) is 18.5 Å². The predicted octanol–water partition coefficient (Wildman–Crippen LogP) is 3.22. The average molecular weight is 654 g/mol. The Morgan fingerprint density at radius 2 is 1.81 bits per heavy atom. The summed E-state index contributed by atoms with van der Waals surface area (Å²) >= 11 is 0. The van der Waals surface area contributed by atoms with Crippen LogP contribution in [0.2, 0.25) is 0 Å². The van der Waals surface area contributed by atoms with E-state index in [-0.39, 0.29) is 39.2 Å². The number of rotatable bonds is 5. The van der Waals surface area contributed by atoms with E-state index in [1.165, 1.54) is 16.6 Å². The first-order chi connectivity index (χ1) is 23.3. The number of carbonyl (C=O) groups excluding carboxylic acids is 3. The average Bonchev–Trinajstić information content (AvgIpc) is 3.62. The van der Waals surface area contributed by atoms with Crippen LogP contribution >= 0.6 is 0 Å². The van der Waals surface area contributed by atoms with E-state index >= 15 is 0 Å². The summed E-state index contributed by atoms with van der Waals surface area (Å²) in [6.45, 7) is 1.42. The molecule has 48 heavy (non-hydrogen) atoms. The van der Waals surface area contributed by atoms with Crippen molar-refractivity contribution in [3.05, 3.63) is 100 Å². The van der Waals surface area contributed by atoms with Crippen molar-refractivity contribution in [1.29, 1.82) is 0 Å². The maximum atomic E-state index is 13.7. The van der Waals surface area contributed by atoms with Gasteiger partial charge < -0.3 is 33.8 Å². The largest absolute Gasteiger partial charge is 0.493 e. The number of amides is 3. The Morgan fingerprint density at radius 1 is 1.02 bits per heavy atom. The number of aromatic nitrogens is 2. The molecule has 0 aliphatic carbocycles. The summed E-state index contributed by atoms with van der Waals surface area (Å²) in [4.78, 5) is 59.3. The highest BCUT2D eigenvalue weighted by Gasteiger charge is 2.26. The molecular formula is C35H35N5O8. The summed E-state index contributed by atoms with van der Waals surface area (Å²) in [7, 11) is 1.53. The van der Waals surface area contributed by atoms with Crippen LogP contribution in [-0.4, -0.2) is 65.0 Å². The quantitative estimate of drug-likeness (QED) is 0.291. The zero-order valence-electron chi connectivity index (χ0n) is 26.6. The number of hydrogen-bond donors (Lipinski definition) is 2. The normalized spacial score (nSPS) is 16.0. The fourth-order valence-electron chi connectivity index (χ4n) is 5.53. The second-order valence-electron chi connectivity index (χ2n) is 11.4. The zero-order chi connectivity index (χ0) is 33.6. The number of nitrogens with one attached hydrogen (secondary N) is 2. The highest BCUT2D eigenvalue weighted by Crippen LogP contribution is 2.33. The highest BCUT2D eigenvalue weighted by atomic mass is 16.5. The molecule has 3 heterocycles. The van der Waals surface area contributed by atoms with Crippen LogP contribution in [0.25, 0.3) is 22.6 Å². The van der Waals surface area contributed by atoms with Crippen molar-refractivity contribution in [3.8, 4) is 23.0 Å². The fraction of sp³-hybridized carbons (Fsp3) is 0.286. The molecule has 1 atom stereocenters. The molecule has 3 amide bonds. The number of oxazole rings is 2. The standard InChI is InChI=1S/C35H35N5O8/c1-22-26-19-36-33(43)25(17-23-9-4-3-5-10-23)37-31(41)20-39(32(42)21-40-27-11-6-7-12-28(27)48-35(40)44)15-8-16-46-30-18-24(34(38-26)47-22)13-14-29(30)45-2/h3-7,9-14,18,25H,8,15-17,19-21H2,1-2H3,(H,36,43)(H,37,41)/t25-/m1/s1. The van der Waals surface area contributed by atoms with Gasteiger partial charge in [-0.25, -0.2) is 9.78 Å². The predicted molar refractivity (Wildman–Crippen MR) is 174 cm³/mol. The second-order valence-corrected chi connectivity index (χ2v) is 11.4. The number of benzene rings is 3. The van der Waals surface area contributed by atoms with E-state index in [0.717, 1.165) is 5.56 Å². The van der Waals surface area contributed by atoms with Crippen LogP contribution in [0.15, 0.2) is 86.4 Å². The third-order valence-corrected chi connectivity index (χ3v) is 8.05. The van der Waals surface area contributed by atoms with Gasteiger partial charge in [0.05, 0.1) is 32.3 Å². The van der Waals surface area contributed by atoms with E-state index in [0.29, 0.717) is 51.9 Å². The van der Waals surface area contributed by atoms with Crippen LogP contribution in [0.1, 0.15) is 23.4 Å². The summed E-state index contributed by atoms with van der Waals surface area (Å²) in [5, 5.41) is 5.69. The van der Waals surface area contributed by atoms with Crippen LogP contribution in [0.3, 0.4) is 0 Å². The van der Waals surface area contributed by atoms with Crippen LogP contribution in [0, 0.1) is 6.92 Å². The molecule has 0 unspecified atom stereocenters. The number of nitrogens with zero attached hydrogens (tertiary/aromatic N) is 3. The number of para-hydroxylation sites is 2. The molecular weight excluding hydrogens is 618 g/mol. The molecule has 6 rings (SSSR count). The molecule has 13 heteroatoms. The Bertz CT molecular complexity index is 2000. The third-order valence-electron chi connectivity index (χ3n) is 8.05. The van der Waals surface area contributed by atoms with Crippen molar-refractivity contribution in [2.75, 3.05) is 26.8 Å². The summed E-state index contributed by atoms with van der Waals surface area (Å²) in [6.07, 6.45) is 0.553. The molecule has 4 bridgehead atoms. The van der Waals surface area contributed by atoms with Gasteiger partial charge >= 0.3 is 5.76 Å². The molecule has 0 spiro atoms. The summed E-state index contributed by atoms with van der Waals surface area (Å²) in [6, 6.07) is 20.4. The first kappa shape index (κ1) is 32.1. The maximum absolute atomic E-state index is 13.7. The topological polar surface area (TPSA) is 158 Å². The number of fused-ring (bicyclic) bond motifs is 6. The molecule has 5 aromatic rings. The van der Waals surface area contributed by atoms with E-state index in [1.54, 1.807) is 49.4 Å². The molecule has 0 fully saturated rings. The monoisotopic (exact) mass is 653 g/mol. The lowest BCUT2D eigenvalue weighted by molar-refractivity contribution is -0.137. The second kappa shape index (κ2) is 14.3. The maximum Gasteiger partial charge on any atom is 0.420 e. The Hall–Kier alpha value is -5.85. The van der Waals surface area contributed by atoms with Crippen molar-refractivity contribution in [3.63, 3.8) is 0 Å². The molecule has 2 aromatic heterocycles. The smallest absolute Gasteiger partial charge is 0.420 e. The SMILES string of the molecule is COc1ccc2cc1OCCCN(C(=O)Cn1c(=O)oc3ccccc31)CC(=O)N[C@H](Cc1ccccc1)C(=O)NCc1nc-2oc1C. The van der Waals surface area contributed by atoms with E-state index in [4.69, 9.17) is 18.3 Å². The van der Waals surface area contributed by atoms with Gasteiger partial charge in [-0.15, -0.1) is 0 Å². The molecule has 3 aromatic carbocycles. The Balaban J connectivity index is 1.30. The molecule has 0 saturated heterocycles. The van der Waals surface area contributed by atoms with Gasteiger partial charge in [-0.05, 0) is 49.2 Å². The fourth-order valence-corrected chi connectivity index (χ4v) is 5.53. The number of methoxy groups -OCH3 is 1. The van der Waals surface area contributed by atoms with Gasteiger partial charge in [-0.3, -0.25) is 19.0 Å². The lowest BCUT2D eigenvalue weighted by Crippen LogP contribution is -2.51. The van der Waals surface area contributed by atoms with E-state index < -0.39 is 29.5 Å². The van der Waals surface area contributed by atoms with Gasteiger partial charge in [0.25, 0.3) is 0 Å². The molecule has 1 aliphatic rings. The first-order valence-electron chi connectivity index (χ1n) is 15.5. The van der Waals surface area contributed by atoms with Crippen molar-refractivity contribution < 1.29 is 32.7 Å². The van der Waals surface area contributed by atoms with E-state index in [9.17, 15) is 19.2 Å². The van der Waals surface area contributed by atoms with Gasteiger partial charge in [-0.2, -0.15) is 0 Å². The van der Waals surface area contributed by atoms with Crippen molar-refractivity contribution in [1.82, 2.24) is 25.1 Å². The van der Waals surface area contributed by atoms with Crippen LogP contribution in [0.4, 0.5) is 0 Å². The number of ether oxygens (including phenoxy) is 2. The van der Waals surface area contributed by atoms with Crippen molar-refractivity contribution in [2.24, 2.45) is 0 Å². The van der Waals surface area contributed by atoms with Crippen LogP contribution in [-0.2, 0) is 33.9 Å². The Labute approximate surface area is 275 Å². The lowest BCUT2D eigenvalue weighted by Gasteiger charge is -2.25. The van der Waals surface area contributed by atoms with Gasteiger partial charge in [0.1, 0.15) is 24.0 Å². The third kappa shape index (κ3) is 7.25. The van der Waals surface area contributed by atoms with Crippen LogP contribution < -0.4 is 25.9 Å². The van der Waals surface area contributed by atoms with Crippen molar-refractivity contribution in [2.45, 2.75) is 38.9 Å². The minimum atomic E-state index is -0.949. The molecule has 2 N–H and O–H groups in total. The molecule has 248 valence electrons. The minimum Gasteiger partial charge on any atom is -0.493 e. The van der Waals surface area contributed by atoms with Gasteiger partial charge in [-0.1, -0.05) is 42.5 Å². The number of aryl methyl sites for hydroxylation is 1.